The third-order valence-corrected chi connectivity index (χ3v) is 5.30. The van der Waals surface area contributed by atoms with Gasteiger partial charge in [-0.15, -0.1) is 0 Å². The van der Waals surface area contributed by atoms with E-state index in [2.05, 4.69) is 31.0 Å². The lowest BCUT2D eigenvalue weighted by Crippen LogP contribution is -2.52. The summed E-state index contributed by atoms with van der Waals surface area (Å²) in [6.45, 7) is 13.8. The van der Waals surface area contributed by atoms with Crippen molar-refractivity contribution in [3.8, 4) is 0 Å². The predicted octanol–water partition coefficient (Wildman–Crippen LogP) is 2.98. The fourth-order valence-electron chi connectivity index (χ4n) is 3.77. The number of likely N-dealkylation sites (N-methyl/N-ethyl adjacent to an activating group) is 1. The third-order valence-electron chi connectivity index (χ3n) is 5.30. The average Bonchev–Trinajstić information content (AvgIpc) is 2.42. The number of carboxylic acid groups (broad SMARTS) is 1. The van der Waals surface area contributed by atoms with Crippen LogP contribution in [0.1, 0.15) is 60.3 Å². The van der Waals surface area contributed by atoms with Gasteiger partial charge in [-0.25, -0.2) is 0 Å². The van der Waals surface area contributed by atoms with Crippen LogP contribution >= 0.6 is 0 Å². The highest BCUT2D eigenvalue weighted by Crippen LogP contribution is 2.27. The highest BCUT2D eigenvalue weighted by molar-refractivity contribution is 5.78. The zero-order valence-corrected chi connectivity index (χ0v) is 14.5. The molecule has 0 amide bonds. The Morgan fingerprint density at radius 3 is 2.52 bits per heavy atom. The smallest absolute Gasteiger partial charge is 0.323 e. The number of nitrogens with one attached hydrogen (secondary N) is 1. The van der Waals surface area contributed by atoms with E-state index >= 15 is 0 Å². The molecule has 4 heteroatoms. The van der Waals surface area contributed by atoms with Crippen molar-refractivity contribution in [2.24, 2.45) is 11.8 Å². The molecule has 0 aliphatic carbocycles. The second-order valence-corrected chi connectivity index (χ2v) is 6.93. The van der Waals surface area contributed by atoms with Crippen LogP contribution in [0.2, 0.25) is 0 Å². The number of nitrogens with zero attached hydrogens (tertiary/aromatic N) is 1. The molecule has 4 atom stereocenters. The first kappa shape index (κ1) is 18.4. The third kappa shape index (κ3) is 4.68. The quantitative estimate of drug-likeness (QED) is 0.723. The molecule has 0 bridgehead atoms. The highest BCUT2D eigenvalue weighted by atomic mass is 16.4. The number of carboxylic acids is 1. The van der Waals surface area contributed by atoms with E-state index in [1.807, 2.05) is 13.8 Å². The molecule has 0 saturated carbocycles. The lowest BCUT2D eigenvalue weighted by molar-refractivity contribution is -0.145. The number of likely N-dealkylation sites (tertiary alicyclic amines) is 1. The van der Waals surface area contributed by atoms with Crippen molar-refractivity contribution in [1.82, 2.24) is 10.2 Å². The Hall–Kier alpha value is -0.610. The van der Waals surface area contributed by atoms with Crippen LogP contribution in [0.3, 0.4) is 0 Å². The summed E-state index contributed by atoms with van der Waals surface area (Å²) in [6, 6.07) is 0.612. The summed E-state index contributed by atoms with van der Waals surface area (Å²) < 4.78 is 0. The zero-order valence-electron chi connectivity index (χ0n) is 14.5. The van der Waals surface area contributed by atoms with Gasteiger partial charge in [-0.05, 0) is 57.5 Å². The van der Waals surface area contributed by atoms with Crippen molar-refractivity contribution in [2.45, 2.75) is 71.9 Å². The van der Waals surface area contributed by atoms with Gasteiger partial charge in [-0.3, -0.25) is 4.79 Å². The van der Waals surface area contributed by atoms with Crippen LogP contribution in [0.25, 0.3) is 0 Å². The SMILES string of the molecule is CCNC(CC)(CCCN1CC(C)CC(C)C1C)C(=O)O. The summed E-state index contributed by atoms with van der Waals surface area (Å²) in [6.07, 6.45) is 3.59. The number of rotatable bonds is 8. The van der Waals surface area contributed by atoms with E-state index in [9.17, 15) is 9.90 Å². The molecule has 1 rings (SSSR count). The monoisotopic (exact) mass is 298 g/mol. The van der Waals surface area contributed by atoms with Crippen LogP contribution in [0.4, 0.5) is 0 Å². The van der Waals surface area contributed by atoms with E-state index < -0.39 is 11.5 Å². The minimum absolute atomic E-state index is 0.612. The molecule has 2 N–H and O–H groups in total. The van der Waals surface area contributed by atoms with Crippen LogP contribution in [0, 0.1) is 11.8 Å². The van der Waals surface area contributed by atoms with Crippen LogP contribution in [0.15, 0.2) is 0 Å². The molecule has 1 aliphatic rings. The largest absolute Gasteiger partial charge is 0.480 e. The highest BCUT2D eigenvalue weighted by Gasteiger charge is 2.36. The number of hydrogen-bond acceptors (Lipinski definition) is 3. The lowest BCUT2D eigenvalue weighted by atomic mass is 9.85. The van der Waals surface area contributed by atoms with Gasteiger partial charge >= 0.3 is 5.97 Å². The van der Waals surface area contributed by atoms with E-state index in [4.69, 9.17) is 0 Å². The summed E-state index contributed by atoms with van der Waals surface area (Å²) in [4.78, 5) is 14.2. The first-order chi connectivity index (χ1) is 9.86. The number of aliphatic carboxylic acids is 1. The first-order valence-corrected chi connectivity index (χ1v) is 8.58. The molecule has 1 fully saturated rings. The van der Waals surface area contributed by atoms with E-state index in [0.717, 1.165) is 31.3 Å². The molecule has 124 valence electrons. The number of hydrogen-bond donors (Lipinski definition) is 2. The molecule has 0 spiro atoms. The van der Waals surface area contributed by atoms with Gasteiger partial charge in [0.1, 0.15) is 5.54 Å². The molecular formula is C17H34N2O2. The van der Waals surface area contributed by atoms with Crippen LogP contribution < -0.4 is 5.32 Å². The van der Waals surface area contributed by atoms with Crippen molar-refractivity contribution >= 4 is 5.97 Å². The standard InChI is InChI=1S/C17H34N2O2/c1-6-17(16(20)21,18-7-2)9-8-10-19-12-13(3)11-14(4)15(19)5/h13-15,18H,6-12H2,1-5H3,(H,20,21). The lowest BCUT2D eigenvalue weighted by Gasteiger charge is -2.41. The van der Waals surface area contributed by atoms with Crippen molar-refractivity contribution in [2.75, 3.05) is 19.6 Å². The van der Waals surface area contributed by atoms with Crippen molar-refractivity contribution in [1.29, 1.82) is 0 Å². The fourth-order valence-corrected chi connectivity index (χ4v) is 3.77. The van der Waals surface area contributed by atoms with E-state index in [-0.39, 0.29) is 0 Å². The molecule has 1 heterocycles. The Balaban J connectivity index is 2.55. The normalized spacial score (nSPS) is 30.0. The summed E-state index contributed by atoms with van der Waals surface area (Å²) in [5.41, 5.74) is -0.745. The first-order valence-electron chi connectivity index (χ1n) is 8.58. The van der Waals surface area contributed by atoms with E-state index in [0.29, 0.717) is 25.4 Å². The molecule has 0 radical (unpaired) electrons. The van der Waals surface area contributed by atoms with Gasteiger partial charge in [-0.1, -0.05) is 27.7 Å². The molecule has 21 heavy (non-hydrogen) atoms. The number of piperidine rings is 1. The number of carbonyl (C=O) groups is 1. The van der Waals surface area contributed by atoms with Gasteiger partial charge in [0.05, 0.1) is 0 Å². The maximum Gasteiger partial charge on any atom is 0.323 e. The van der Waals surface area contributed by atoms with Gasteiger partial charge < -0.3 is 15.3 Å². The Morgan fingerprint density at radius 1 is 1.33 bits per heavy atom. The maximum atomic E-state index is 11.6. The van der Waals surface area contributed by atoms with Crippen LogP contribution in [0.5, 0.6) is 0 Å². The summed E-state index contributed by atoms with van der Waals surface area (Å²) in [7, 11) is 0. The Bertz CT molecular complexity index is 335. The van der Waals surface area contributed by atoms with Crippen molar-refractivity contribution in [3.63, 3.8) is 0 Å². The van der Waals surface area contributed by atoms with Crippen molar-refractivity contribution in [3.05, 3.63) is 0 Å². The van der Waals surface area contributed by atoms with Crippen molar-refractivity contribution < 1.29 is 9.90 Å². The molecule has 0 aromatic carbocycles. The molecule has 0 aromatic rings. The van der Waals surface area contributed by atoms with Gasteiger partial charge in [0.15, 0.2) is 0 Å². The van der Waals surface area contributed by atoms with Crippen LogP contribution in [-0.2, 0) is 4.79 Å². The predicted molar refractivity (Wildman–Crippen MR) is 87.5 cm³/mol. The van der Waals surface area contributed by atoms with Gasteiger partial charge in [0, 0.05) is 12.6 Å². The second kappa shape index (κ2) is 8.14. The summed E-state index contributed by atoms with van der Waals surface area (Å²) >= 11 is 0. The fraction of sp³-hybridized carbons (Fsp3) is 0.941. The molecule has 1 saturated heterocycles. The molecule has 4 unspecified atom stereocenters. The summed E-state index contributed by atoms with van der Waals surface area (Å²) in [5.74, 6) is 0.776. The van der Waals surface area contributed by atoms with Gasteiger partial charge in [-0.2, -0.15) is 0 Å². The van der Waals surface area contributed by atoms with E-state index in [1.54, 1.807) is 0 Å². The molecule has 0 aromatic heterocycles. The average molecular weight is 298 g/mol. The maximum absolute atomic E-state index is 11.6. The molecule has 4 nitrogen and oxygen atoms in total. The van der Waals surface area contributed by atoms with Gasteiger partial charge in [0.2, 0.25) is 0 Å². The molecule has 1 aliphatic heterocycles. The van der Waals surface area contributed by atoms with Gasteiger partial charge in [0.25, 0.3) is 0 Å². The second-order valence-electron chi connectivity index (χ2n) is 6.93. The minimum atomic E-state index is -0.745. The topological polar surface area (TPSA) is 52.6 Å². The summed E-state index contributed by atoms with van der Waals surface area (Å²) in [5, 5.41) is 12.7. The van der Waals surface area contributed by atoms with E-state index in [1.165, 1.54) is 6.42 Å². The molecular weight excluding hydrogens is 264 g/mol. The Kier molecular flexibility index (Phi) is 7.14. The van der Waals surface area contributed by atoms with Crippen LogP contribution in [-0.4, -0.2) is 47.2 Å². The zero-order chi connectivity index (χ0) is 16.0. The Morgan fingerprint density at radius 2 is 2.00 bits per heavy atom. The minimum Gasteiger partial charge on any atom is -0.480 e. The Labute approximate surface area is 130 Å².